The summed E-state index contributed by atoms with van der Waals surface area (Å²) < 4.78 is 0. The van der Waals surface area contributed by atoms with Gasteiger partial charge >= 0.3 is 0 Å². The molecule has 3 heteroatoms. The van der Waals surface area contributed by atoms with Gasteiger partial charge in [0.05, 0.1) is 0 Å². The average molecular weight is 220 g/mol. The van der Waals surface area contributed by atoms with Crippen LogP contribution < -0.4 is 11.1 Å². The van der Waals surface area contributed by atoms with Gasteiger partial charge in [-0.1, -0.05) is 26.8 Å². The van der Waals surface area contributed by atoms with Gasteiger partial charge in [-0.3, -0.25) is 4.79 Å². The molecule has 0 spiro atoms. The lowest BCUT2D eigenvalue weighted by molar-refractivity contribution is -0.124. The van der Waals surface area contributed by atoms with E-state index >= 15 is 0 Å². The second kappa shape index (κ2) is 4.56. The van der Waals surface area contributed by atoms with Crippen LogP contribution in [-0.4, -0.2) is 5.91 Å². The van der Waals surface area contributed by atoms with Crippen molar-refractivity contribution in [3.63, 3.8) is 0 Å². The highest BCUT2D eigenvalue weighted by molar-refractivity contribution is 5.95. The van der Waals surface area contributed by atoms with Gasteiger partial charge in [0.25, 0.3) is 0 Å². The molecule has 0 unspecified atom stereocenters. The Balaban J connectivity index is 2.82. The summed E-state index contributed by atoms with van der Waals surface area (Å²) in [6, 6.07) is 5.57. The minimum Gasteiger partial charge on any atom is -0.398 e. The van der Waals surface area contributed by atoms with Crippen molar-refractivity contribution in [3.05, 3.63) is 23.8 Å². The summed E-state index contributed by atoms with van der Waals surface area (Å²) in [7, 11) is 0. The molecule has 0 aromatic heterocycles. The molecule has 3 N–H and O–H groups in total. The molecule has 16 heavy (non-hydrogen) atoms. The van der Waals surface area contributed by atoms with E-state index in [-0.39, 0.29) is 11.3 Å². The molecule has 0 radical (unpaired) electrons. The number of hydrogen-bond donors (Lipinski definition) is 2. The molecule has 0 saturated carbocycles. The molecule has 88 valence electrons. The normalized spacial score (nSPS) is 11.2. The number of carbonyl (C=O) groups excluding carboxylic acids is 1. The molecule has 1 rings (SSSR count). The molecule has 0 aliphatic carbocycles. The number of nitrogens with two attached hydrogens (primary N) is 1. The Morgan fingerprint density at radius 2 is 2.06 bits per heavy atom. The number of nitrogens with one attached hydrogen (secondary N) is 1. The Labute approximate surface area is 97.0 Å². The van der Waals surface area contributed by atoms with Crippen LogP contribution in [-0.2, 0) is 4.79 Å². The van der Waals surface area contributed by atoms with Crippen molar-refractivity contribution in [2.45, 2.75) is 34.1 Å². The van der Waals surface area contributed by atoms with Gasteiger partial charge in [0.2, 0.25) is 5.91 Å². The summed E-state index contributed by atoms with van der Waals surface area (Å²) in [4.78, 5) is 11.9. The first-order valence-electron chi connectivity index (χ1n) is 5.54. The standard InChI is InChI=1S/C13H20N2O/c1-5-13(3,4)12(16)15-10-7-6-9(2)11(14)8-10/h6-8H,5,14H2,1-4H3,(H,15,16). The predicted molar refractivity (Wildman–Crippen MR) is 68.3 cm³/mol. The molecule has 0 aliphatic rings. The first-order chi connectivity index (χ1) is 7.36. The number of aryl methyl sites for hydroxylation is 1. The van der Waals surface area contributed by atoms with E-state index in [1.54, 1.807) is 6.07 Å². The third-order valence-electron chi connectivity index (χ3n) is 3.04. The smallest absolute Gasteiger partial charge is 0.230 e. The maximum Gasteiger partial charge on any atom is 0.230 e. The van der Waals surface area contributed by atoms with Crippen LogP contribution in [0, 0.1) is 12.3 Å². The van der Waals surface area contributed by atoms with E-state index in [1.807, 2.05) is 39.8 Å². The zero-order chi connectivity index (χ0) is 12.3. The Kier molecular flexibility index (Phi) is 3.58. The molecule has 0 saturated heterocycles. The van der Waals surface area contributed by atoms with Crippen LogP contribution in [0.15, 0.2) is 18.2 Å². The van der Waals surface area contributed by atoms with Crippen molar-refractivity contribution in [1.82, 2.24) is 0 Å². The van der Waals surface area contributed by atoms with E-state index in [4.69, 9.17) is 5.73 Å². The van der Waals surface area contributed by atoms with Gasteiger partial charge < -0.3 is 11.1 Å². The number of rotatable bonds is 3. The van der Waals surface area contributed by atoms with Gasteiger partial charge in [0, 0.05) is 16.8 Å². The molecule has 0 fully saturated rings. The molecular weight excluding hydrogens is 200 g/mol. The Hall–Kier alpha value is -1.51. The highest BCUT2D eigenvalue weighted by Crippen LogP contribution is 2.23. The Bertz CT molecular complexity index is 397. The maximum absolute atomic E-state index is 11.9. The lowest BCUT2D eigenvalue weighted by Crippen LogP contribution is -2.30. The number of carbonyl (C=O) groups is 1. The van der Waals surface area contributed by atoms with Gasteiger partial charge in [0.15, 0.2) is 0 Å². The summed E-state index contributed by atoms with van der Waals surface area (Å²) in [6.45, 7) is 7.81. The monoisotopic (exact) mass is 220 g/mol. The molecule has 0 aliphatic heterocycles. The van der Waals surface area contributed by atoms with Crippen molar-refractivity contribution in [2.24, 2.45) is 5.41 Å². The van der Waals surface area contributed by atoms with Gasteiger partial charge in [-0.05, 0) is 31.0 Å². The van der Waals surface area contributed by atoms with Crippen LogP contribution in [0.2, 0.25) is 0 Å². The quantitative estimate of drug-likeness (QED) is 0.769. The molecule has 0 bridgehead atoms. The van der Waals surface area contributed by atoms with E-state index in [1.165, 1.54) is 0 Å². The van der Waals surface area contributed by atoms with Crippen LogP contribution in [0.3, 0.4) is 0 Å². The summed E-state index contributed by atoms with van der Waals surface area (Å²) in [5, 5.41) is 2.88. The molecular formula is C13H20N2O. The molecule has 1 aromatic carbocycles. The molecule has 0 heterocycles. The zero-order valence-electron chi connectivity index (χ0n) is 10.4. The van der Waals surface area contributed by atoms with Crippen LogP contribution in [0.1, 0.15) is 32.8 Å². The summed E-state index contributed by atoms with van der Waals surface area (Å²) >= 11 is 0. The van der Waals surface area contributed by atoms with E-state index < -0.39 is 0 Å². The second-order valence-electron chi connectivity index (χ2n) is 4.76. The third-order valence-corrected chi connectivity index (χ3v) is 3.04. The van der Waals surface area contributed by atoms with Gasteiger partial charge in [-0.2, -0.15) is 0 Å². The van der Waals surface area contributed by atoms with Gasteiger partial charge in [0.1, 0.15) is 0 Å². The summed E-state index contributed by atoms with van der Waals surface area (Å²) in [6.07, 6.45) is 0.806. The average Bonchev–Trinajstić information content (AvgIpc) is 2.23. The van der Waals surface area contributed by atoms with Crippen molar-refractivity contribution in [1.29, 1.82) is 0 Å². The van der Waals surface area contributed by atoms with Crippen molar-refractivity contribution in [2.75, 3.05) is 11.1 Å². The number of benzene rings is 1. The fourth-order valence-corrected chi connectivity index (χ4v) is 1.18. The van der Waals surface area contributed by atoms with Gasteiger partial charge in [-0.25, -0.2) is 0 Å². The minimum atomic E-state index is -0.348. The number of anilines is 2. The zero-order valence-corrected chi connectivity index (χ0v) is 10.4. The van der Waals surface area contributed by atoms with Crippen molar-refractivity contribution >= 4 is 17.3 Å². The third kappa shape index (κ3) is 2.75. The van der Waals surface area contributed by atoms with E-state index in [2.05, 4.69) is 5.32 Å². The first kappa shape index (κ1) is 12.6. The summed E-state index contributed by atoms with van der Waals surface area (Å²) in [5.74, 6) is 0.0262. The van der Waals surface area contributed by atoms with Crippen LogP contribution in [0.25, 0.3) is 0 Å². The number of hydrogen-bond acceptors (Lipinski definition) is 2. The lowest BCUT2D eigenvalue weighted by Gasteiger charge is -2.21. The van der Waals surface area contributed by atoms with Gasteiger partial charge in [-0.15, -0.1) is 0 Å². The Morgan fingerprint density at radius 1 is 1.44 bits per heavy atom. The highest BCUT2D eigenvalue weighted by atomic mass is 16.2. The molecule has 3 nitrogen and oxygen atoms in total. The number of amides is 1. The Morgan fingerprint density at radius 3 is 2.56 bits per heavy atom. The fraction of sp³-hybridized carbons (Fsp3) is 0.462. The minimum absolute atomic E-state index is 0.0262. The second-order valence-corrected chi connectivity index (χ2v) is 4.76. The summed E-state index contributed by atoms with van der Waals surface area (Å²) in [5.41, 5.74) is 7.92. The van der Waals surface area contributed by atoms with Crippen LogP contribution >= 0.6 is 0 Å². The molecule has 0 atom stereocenters. The first-order valence-corrected chi connectivity index (χ1v) is 5.54. The lowest BCUT2D eigenvalue weighted by atomic mass is 9.89. The topological polar surface area (TPSA) is 55.1 Å². The largest absolute Gasteiger partial charge is 0.398 e. The molecule has 1 aromatic rings. The van der Waals surface area contributed by atoms with Crippen LogP contribution in [0.5, 0.6) is 0 Å². The maximum atomic E-state index is 11.9. The van der Waals surface area contributed by atoms with E-state index in [0.29, 0.717) is 5.69 Å². The van der Waals surface area contributed by atoms with E-state index in [0.717, 1.165) is 17.7 Å². The van der Waals surface area contributed by atoms with Crippen molar-refractivity contribution in [3.8, 4) is 0 Å². The molecule has 1 amide bonds. The van der Waals surface area contributed by atoms with Crippen LogP contribution in [0.4, 0.5) is 11.4 Å². The number of nitrogen functional groups attached to an aromatic ring is 1. The van der Waals surface area contributed by atoms with E-state index in [9.17, 15) is 4.79 Å². The highest BCUT2D eigenvalue weighted by Gasteiger charge is 2.25. The fourth-order valence-electron chi connectivity index (χ4n) is 1.18. The predicted octanol–water partition coefficient (Wildman–Crippen LogP) is 2.95. The SMILES string of the molecule is CCC(C)(C)C(=O)Nc1ccc(C)c(N)c1. The van der Waals surface area contributed by atoms with Crippen molar-refractivity contribution < 1.29 is 4.79 Å².